The lowest BCUT2D eigenvalue weighted by Gasteiger charge is -2.17. The molecule has 1 aliphatic heterocycles. The average Bonchev–Trinajstić information content (AvgIpc) is 2.98. The Labute approximate surface area is 176 Å². The van der Waals surface area contributed by atoms with Crippen molar-refractivity contribution in [1.82, 2.24) is 9.97 Å². The van der Waals surface area contributed by atoms with Gasteiger partial charge in [0.25, 0.3) is 0 Å². The number of carbonyl (C=O) groups excluding carboxylic acids is 4. The highest BCUT2D eigenvalue weighted by atomic mass is 32.2. The number of hydrogen-bond donors (Lipinski definition) is 0. The van der Waals surface area contributed by atoms with Crippen LogP contribution in [0, 0.1) is 13.8 Å². The van der Waals surface area contributed by atoms with E-state index in [2.05, 4.69) is 9.97 Å². The first-order valence-corrected chi connectivity index (χ1v) is 9.79. The lowest BCUT2D eigenvalue weighted by atomic mass is 10.1. The van der Waals surface area contributed by atoms with Crippen molar-refractivity contribution in [1.29, 1.82) is 0 Å². The van der Waals surface area contributed by atoms with Gasteiger partial charge in [0.1, 0.15) is 5.25 Å². The van der Waals surface area contributed by atoms with Gasteiger partial charge in [0.15, 0.2) is 5.16 Å². The van der Waals surface area contributed by atoms with Crippen LogP contribution in [0.4, 0.5) is 5.69 Å². The molecule has 2 aromatic rings. The number of carbonyl (C=O) groups is 4. The number of anilines is 1. The first-order chi connectivity index (χ1) is 14.2. The monoisotopic (exact) mass is 429 g/mol. The second-order valence-corrected chi connectivity index (χ2v) is 7.73. The van der Waals surface area contributed by atoms with Gasteiger partial charge >= 0.3 is 11.9 Å². The molecule has 1 fully saturated rings. The van der Waals surface area contributed by atoms with Crippen molar-refractivity contribution in [2.24, 2.45) is 0 Å². The molecule has 10 heteroatoms. The third-order valence-corrected chi connectivity index (χ3v) is 5.38. The Morgan fingerprint density at radius 3 is 2.00 bits per heavy atom. The normalized spacial score (nSPS) is 16.0. The number of benzene rings is 1. The van der Waals surface area contributed by atoms with E-state index in [-0.39, 0.29) is 23.2 Å². The molecule has 3 rings (SSSR count). The van der Waals surface area contributed by atoms with E-state index in [1.807, 2.05) is 19.9 Å². The average molecular weight is 429 g/mol. The summed E-state index contributed by atoms with van der Waals surface area (Å²) in [4.78, 5) is 59.2. The highest BCUT2D eigenvalue weighted by Crippen LogP contribution is 2.33. The van der Waals surface area contributed by atoms with Crippen molar-refractivity contribution >= 4 is 41.2 Å². The quantitative estimate of drug-likeness (QED) is 0.400. The number of aromatic nitrogens is 2. The Balaban J connectivity index is 1.95. The number of nitrogens with zero attached hydrogens (tertiary/aromatic N) is 3. The lowest BCUT2D eigenvalue weighted by molar-refractivity contribution is -0.121. The van der Waals surface area contributed by atoms with Crippen LogP contribution in [0.25, 0.3) is 0 Å². The second kappa shape index (κ2) is 8.62. The predicted molar refractivity (Wildman–Crippen MR) is 107 cm³/mol. The molecule has 0 N–H and O–H groups in total. The zero-order valence-corrected chi connectivity index (χ0v) is 17.6. The Hall–Kier alpha value is -3.27. The maximum absolute atomic E-state index is 13.0. The predicted octanol–water partition coefficient (Wildman–Crippen LogP) is 2.09. The van der Waals surface area contributed by atoms with Gasteiger partial charge in [-0.3, -0.25) is 9.59 Å². The van der Waals surface area contributed by atoms with Gasteiger partial charge in [-0.1, -0.05) is 11.8 Å². The summed E-state index contributed by atoms with van der Waals surface area (Å²) >= 11 is 1.10. The molecule has 0 aliphatic carbocycles. The molecule has 156 valence electrons. The third kappa shape index (κ3) is 4.33. The van der Waals surface area contributed by atoms with Gasteiger partial charge in [-0.15, -0.1) is 0 Å². The van der Waals surface area contributed by atoms with Crippen LogP contribution >= 0.6 is 11.8 Å². The Bertz CT molecular complexity index is 1000. The molecule has 1 aromatic carbocycles. The number of ether oxygens (including phenoxy) is 2. The smallest absolute Gasteiger partial charge is 0.337 e. The molecule has 0 saturated carbocycles. The zero-order chi connectivity index (χ0) is 22.0. The van der Waals surface area contributed by atoms with E-state index in [9.17, 15) is 19.2 Å². The van der Waals surface area contributed by atoms with Gasteiger partial charge < -0.3 is 9.47 Å². The molecule has 0 spiro atoms. The fourth-order valence-corrected chi connectivity index (χ4v) is 4.13. The minimum Gasteiger partial charge on any atom is -0.465 e. The van der Waals surface area contributed by atoms with E-state index in [4.69, 9.17) is 9.47 Å². The van der Waals surface area contributed by atoms with Crippen molar-refractivity contribution in [2.45, 2.75) is 30.7 Å². The Morgan fingerprint density at radius 2 is 1.50 bits per heavy atom. The number of aryl methyl sites for hydroxylation is 2. The molecule has 1 aromatic heterocycles. The van der Waals surface area contributed by atoms with Crippen LogP contribution < -0.4 is 4.90 Å². The summed E-state index contributed by atoms with van der Waals surface area (Å²) in [7, 11) is 2.38. The van der Waals surface area contributed by atoms with Crippen LogP contribution in [0.15, 0.2) is 29.4 Å². The van der Waals surface area contributed by atoms with Crippen LogP contribution in [-0.2, 0) is 19.1 Å². The van der Waals surface area contributed by atoms with Crippen LogP contribution in [-0.4, -0.2) is 53.2 Å². The number of hydrogen-bond acceptors (Lipinski definition) is 9. The van der Waals surface area contributed by atoms with Crippen LogP contribution in [0.2, 0.25) is 0 Å². The molecular formula is C20H19N3O6S. The fourth-order valence-electron chi connectivity index (χ4n) is 3.05. The highest BCUT2D eigenvalue weighted by Gasteiger charge is 2.41. The van der Waals surface area contributed by atoms with Crippen molar-refractivity contribution in [3.05, 3.63) is 46.8 Å². The fraction of sp³-hybridized carbons (Fsp3) is 0.300. The number of methoxy groups -OCH3 is 2. The minimum absolute atomic E-state index is 0.0183. The summed E-state index contributed by atoms with van der Waals surface area (Å²) in [6.45, 7) is 3.64. The molecule has 1 aliphatic rings. The van der Waals surface area contributed by atoms with Gasteiger partial charge in [-0.2, -0.15) is 0 Å². The summed E-state index contributed by atoms with van der Waals surface area (Å²) in [5.74, 6) is -2.36. The van der Waals surface area contributed by atoms with Crippen LogP contribution in [0.1, 0.15) is 38.5 Å². The Morgan fingerprint density at radius 1 is 0.967 bits per heavy atom. The molecule has 2 amide bonds. The van der Waals surface area contributed by atoms with Crippen molar-refractivity contribution < 1.29 is 28.7 Å². The number of thioether (sulfide) groups is 1. The Kier molecular flexibility index (Phi) is 6.16. The topological polar surface area (TPSA) is 116 Å². The van der Waals surface area contributed by atoms with Crippen molar-refractivity contribution in [3.63, 3.8) is 0 Å². The molecular weight excluding hydrogens is 410 g/mol. The van der Waals surface area contributed by atoms with E-state index >= 15 is 0 Å². The molecule has 0 unspecified atom stereocenters. The molecule has 2 heterocycles. The maximum atomic E-state index is 13.0. The maximum Gasteiger partial charge on any atom is 0.337 e. The second-order valence-electron chi connectivity index (χ2n) is 6.56. The summed E-state index contributed by atoms with van der Waals surface area (Å²) in [6.07, 6.45) is -0.0597. The van der Waals surface area contributed by atoms with Crippen molar-refractivity contribution in [2.75, 3.05) is 19.1 Å². The minimum atomic E-state index is -0.720. The summed E-state index contributed by atoms with van der Waals surface area (Å²) in [5, 5.41) is -0.318. The molecule has 30 heavy (non-hydrogen) atoms. The number of rotatable bonds is 5. The number of esters is 2. The van der Waals surface area contributed by atoms with E-state index in [1.165, 1.54) is 32.4 Å². The zero-order valence-electron chi connectivity index (χ0n) is 16.8. The van der Waals surface area contributed by atoms with Gasteiger partial charge in [0, 0.05) is 17.8 Å². The van der Waals surface area contributed by atoms with E-state index in [1.54, 1.807) is 0 Å². The molecule has 0 bridgehead atoms. The first kappa shape index (κ1) is 21.4. The highest BCUT2D eigenvalue weighted by molar-refractivity contribution is 8.00. The summed E-state index contributed by atoms with van der Waals surface area (Å²) in [6, 6.07) is 5.75. The molecule has 1 saturated heterocycles. The van der Waals surface area contributed by atoms with E-state index in [0.717, 1.165) is 28.0 Å². The SMILES string of the molecule is COC(=O)c1cc(C(=O)OC)cc(N2C(=O)C[C@@H](Sc3nc(C)cc(C)n3)C2=O)c1. The number of imide groups is 1. The van der Waals surface area contributed by atoms with Gasteiger partial charge in [0.2, 0.25) is 11.8 Å². The van der Waals surface area contributed by atoms with Gasteiger partial charge in [-0.05, 0) is 38.1 Å². The number of amides is 2. The van der Waals surface area contributed by atoms with Crippen molar-refractivity contribution in [3.8, 4) is 0 Å². The van der Waals surface area contributed by atoms with Crippen LogP contribution in [0.3, 0.4) is 0 Å². The summed E-state index contributed by atoms with van der Waals surface area (Å²) < 4.78 is 9.40. The largest absolute Gasteiger partial charge is 0.465 e. The van der Waals surface area contributed by atoms with E-state index < -0.39 is 29.0 Å². The molecule has 0 radical (unpaired) electrons. The standard InChI is InChI=1S/C20H19N3O6S/c1-10-5-11(2)22-20(21-10)30-15-9-16(24)23(17(15)25)14-7-12(18(26)28-3)6-13(8-14)19(27)29-4/h5-8,15H,9H2,1-4H3/t15-/m1/s1. The molecule has 1 atom stereocenters. The molecule has 9 nitrogen and oxygen atoms in total. The third-order valence-electron chi connectivity index (χ3n) is 4.33. The lowest BCUT2D eigenvalue weighted by Crippen LogP contribution is -2.31. The van der Waals surface area contributed by atoms with E-state index in [0.29, 0.717) is 5.16 Å². The summed E-state index contributed by atoms with van der Waals surface area (Å²) in [5.41, 5.74) is 1.64. The van der Waals surface area contributed by atoms with Crippen LogP contribution in [0.5, 0.6) is 0 Å². The van der Waals surface area contributed by atoms with Gasteiger partial charge in [-0.25, -0.2) is 24.5 Å². The first-order valence-electron chi connectivity index (χ1n) is 8.91. The van der Waals surface area contributed by atoms with Gasteiger partial charge in [0.05, 0.1) is 31.0 Å².